The van der Waals surface area contributed by atoms with Crippen LogP contribution < -0.4 is 0 Å². The molecule has 0 heterocycles. The van der Waals surface area contributed by atoms with Crippen LogP contribution in [-0.4, -0.2) is 37.3 Å². The Hall–Kier alpha value is -2.72. The molecule has 0 saturated heterocycles. The van der Waals surface area contributed by atoms with E-state index in [1.165, 1.54) is 12.1 Å². The van der Waals surface area contributed by atoms with Gasteiger partial charge in [-0.2, -0.15) is 8.78 Å². The second-order valence-electron chi connectivity index (χ2n) is 5.08. The first-order chi connectivity index (χ1) is 11.4. The van der Waals surface area contributed by atoms with Crippen LogP contribution >= 0.6 is 0 Å². The lowest BCUT2D eigenvalue weighted by molar-refractivity contribution is -0.290. The molecule has 9 heteroatoms. The van der Waals surface area contributed by atoms with Gasteiger partial charge in [0.05, 0.1) is 16.7 Å². The van der Waals surface area contributed by atoms with Crippen molar-refractivity contribution in [3.05, 3.63) is 70.3 Å². The second-order valence-corrected chi connectivity index (χ2v) is 5.08. The third-order valence-electron chi connectivity index (χ3n) is 3.37. The number of aromatic carboxylic acids is 1. The van der Waals surface area contributed by atoms with Gasteiger partial charge < -0.3 is 25.5 Å². The monoisotopic (exact) mass is 354 g/mol. The summed E-state index contributed by atoms with van der Waals surface area (Å²) in [6, 6.07) is -1.29. The molecule has 0 fully saturated rings. The number of ketones is 1. The fourth-order valence-corrected chi connectivity index (χ4v) is 2.36. The summed E-state index contributed by atoms with van der Waals surface area (Å²) in [6.45, 7) is 0. The SMILES string of the molecule is O=C(O)c1ccccc1C(=O)c1cccc(C(O)(O)F)c1C(O)(O)F. The lowest BCUT2D eigenvalue weighted by Crippen LogP contribution is -2.30. The van der Waals surface area contributed by atoms with Crippen molar-refractivity contribution in [2.75, 3.05) is 0 Å². The Morgan fingerprint density at radius 3 is 1.76 bits per heavy atom. The van der Waals surface area contributed by atoms with E-state index in [1.54, 1.807) is 0 Å². The molecule has 0 amide bonds. The fraction of sp³-hybridized carbons (Fsp3) is 0.125. The van der Waals surface area contributed by atoms with Gasteiger partial charge in [0.1, 0.15) is 0 Å². The van der Waals surface area contributed by atoms with E-state index in [0.717, 1.165) is 24.3 Å². The Bertz CT molecular complexity index is 835. The lowest BCUT2D eigenvalue weighted by Gasteiger charge is -2.23. The average molecular weight is 354 g/mol. The summed E-state index contributed by atoms with van der Waals surface area (Å²) < 4.78 is 27.2. The van der Waals surface area contributed by atoms with Crippen molar-refractivity contribution in [3.8, 4) is 0 Å². The van der Waals surface area contributed by atoms with Gasteiger partial charge in [-0.15, -0.1) is 0 Å². The minimum Gasteiger partial charge on any atom is -0.478 e. The lowest BCUT2D eigenvalue weighted by atomic mass is 9.91. The van der Waals surface area contributed by atoms with E-state index in [9.17, 15) is 28.6 Å². The number of alkyl halides is 2. The second kappa shape index (κ2) is 6.30. The molecule has 2 aromatic rings. The van der Waals surface area contributed by atoms with E-state index < -0.39 is 51.7 Å². The van der Waals surface area contributed by atoms with Crippen molar-refractivity contribution in [1.82, 2.24) is 0 Å². The minimum atomic E-state index is -4.30. The predicted octanol–water partition coefficient (Wildman–Crippen LogP) is 0.745. The molecule has 0 atom stereocenters. The van der Waals surface area contributed by atoms with E-state index in [2.05, 4.69) is 0 Å². The Kier molecular flexibility index (Phi) is 4.69. The molecule has 132 valence electrons. The van der Waals surface area contributed by atoms with Gasteiger partial charge in [0, 0.05) is 11.1 Å². The quantitative estimate of drug-likeness (QED) is 0.395. The maximum absolute atomic E-state index is 13.8. The van der Waals surface area contributed by atoms with Crippen LogP contribution in [0, 0.1) is 0 Å². The highest BCUT2D eigenvalue weighted by Gasteiger charge is 2.41. The molecule has 0 aromatic heterocycles. The third-order valence-corrected chi connectivity index (χ3v) is 3.37. The van der Waals surface area contributed by atoms with Crippen LogP contribution in [0.2, 0.25) is 0 Å². The molecule has 0 saturated carbocycles. The summed E-state index contributed by atoms with van der Waals surface area (Å²) in [5, 5.41) is 45.6. The first-order valence-electron chi connectivity index (χ1n) is 6.73. The van der Waals surface area contributed by atoms with E-state index in [-0.39, 0.29) is 0 Å². The number of benzene rings is 2. The molecular formula is C16H12F2O7. The summed E-state index contributed by atoms with van der Waals surface area (Å²) in [6.07, 6.45) is 0. The first kappa shape index (κ1) is 18.6. The number of halogens is 2. The van der Waals surface area contributed by atoms with Gasteiger partial charge in [-0.3, -0.25) is 4.79 Å². The standard InChI is InChI=1S/C16H12F2O7/c17-15(22,23)11-7-3-6-10(12(11)16(18,24)25)13(19)8-4-1-2-5-9(8)14(20)21/h1-7,22-25H,(H,20,21). The van der Waals surface area contributed by atoms with Gasteiger partial charge in [0.15, 0.2) is 5.78 Å². The summed E-state index contributed by atoms with van der Waals surface area (Å²) in [5.74, 6) is -2.67. The van der Waals surface area contributed by atoms with Gasteiger partial charge in [-0.25, -0.2) is 4.79 Å². The zero-order valence-electron chi connectivity index (χ0n) is 12.3. The van der Waals surface area contributed by atoms with Gasteiger partial charge in [-0.1, -0.05) is 36.4 Å². The van der Waals surface area contributed by atoms with Gasteiger partial charge in [0.2, 0.25) is 0 Å². The maximum Gasteiger partial charge on any atom is 0.345 e. The van der Waals surface area contributed by atoms with E-state index in [4.69, 9.17) is 15.3 Å². The predicted molar refractivity (Wildman–Crippen MR) is 77.7 cm³/mol. The first-order valence-corrected chi connectivity index (χ1v) is 6.73. The highest BCUT2D eigenvalue weighted by molar-refractivity contribution is 6.15. The number of aliphatic hydroxyl groups is 4. The Balaban J connectivity index is 2.77. The van der Waals surface area contributed by atoms with Crippen LogP contribution in [0.5, 0.6) is 0 Å². The van der Waals surface area contributed by atoms with Crippen LogP contribution in [0.1, 0.15) is 37.4 Å². The Morgan fingerprint density at radius 1 is 0.760 bits per heavy atom. The van der Waals surface area contributed by atoms with Crippen LogP contribution in [0.15, 0.2) is 42.5 Å². The average Bonchev–Trinajstić information content (AvgIpc) is 2.51. The smallest absolute Gasteiger partial charge is 0.345 e. The Labute approximate surface area is 139 Å². The molecule has 0 radical (unpaired) electrons. The van der Waals surface area contributed by atoms with Crippen molar-refractivity contribution in [2.45, 2.75) is 12.1 Å². The van der Waals surface area contributed by atoms with Crippen LogP contribution in [0.4, 0.5) is 8.78 Å². The van der Waals surface area contributed by atoms with Crippen molar-refractivity contribution in [1.29, 1.82) is 0 Å². The highest BCUT2D eigenvalue weighted by atomic mass is 19.2. The number of carbonyl (C=O) groups excluding carboxylic acids is 1. The molecule has 0 aliphatic carbocycles. The molecular weight excluding hydrogens is 342 g/mol. The number of rotatable bonds is 5. The number of carboxylic acids is 1. The maximum atomic E-state index is 13.8. The zero-order chi connectivity index (χ0) is 19.0. The summed E-state index contributed by atoms with van der Waals surface area (Å²) in [5.41, 5.74) is -4.54. The largest absolute Gasteiger partial charge is 0.478 e. The van der Waals surface area contributed by atoms with Crippen molar-refractivity contribution in [3.63, 3.8) is 0 Å². The van der Waals surface area contributed by atoms with Crippen molar-refractivity contribution < 1.29 is 43.9 Å². The van der Waals surface area contributed by atoms with Crippen LogP contribution in [0.25, 0.3) is 0 Å². The zero-order valence-corrected chi connectivity index (χ0v) is 12.3. The highest BCUT2D eigenvalue weighted by Crippen LogP contribution is 2.35. The summed E-state index contributed by atoms with van der Waals surface area (Å²) in [4.78, 5) is 23.8. The fourth-order valence-electron chi connectivity index (χ4n) is 2.36. The van der Waals surface area contributed by atoms with Crippen LogP contribution in [-0.2, 0) is 12.1 Å². The number of hydrogen-bond acceptors (Lipinski definition) is 6. The van der Waals surface area contributed by atoms with Crippen molar-refractivity contribution >= 4 is 11.8 Å². The molecule has 7 nitrogen and oxygen atoms in total. The Morgan fingerprint density at radius 2 is 1.28 bits per heavy atom. The molecule has 0 aliphatic heterocycles. The normalized spacial score (nSPS) is 12.1. The van der Waals surface area contributed by atoms with E-state index >= 15 is 0 Å². The molecule has 0 aliphatic rings. The molecule has 5 N–H and O–H groups in total. The van der Waals surface area contributed by atoms with Crippen LogP contribution in [0.3, 0.4) is 0 Å². The summed E-state index contributed by atoms with van der Waals surface area (Å²) >= 11 is 0. The molecule has 0 spiro atoms. The minimum absolute atomic E-state index is 0.446. The molecule has 2 aromatic carbocycles. The molecule has 2 rings (SSSR count). The van der Waals surface area contributed by atoms with Gasteiger partial charge in [-0.05, 0) is 6.07 Å². The van der Waals surface area contributed by atoms with E-state index in [0.29, 0.717) is 6.07 Å². The number of carboxylic acid groups (broad SMARTS) is 1. The van der Waals surface area contributed by atoms with Gasteiger partial charge >= 0.3 is 18.1 Å². The number of hydrogen-bond donors (Lipinski definition) is 5. The molecule has 0 bridgehead atoms. The third kappa shape index (κ3) is 3.69. The topological polar surface area (TPSA) is 135 Å². The van der Waals surface area contributed by atoms with E-state index in [1.807, 2.05) is 0 Å². The number of carbonyl (C=O) groups is 2. The van der Waals surface area contributed by atoms with Crippen molar-refractivity contribution in [2.24, 2.45) is 0 Å². The van der Waals surface area contributed by atoms with Gasteiger partial charge in [0.25, 0.3) is 0 Å². The molecule has 25 heavy (non-hydrogen) atoms. The summed E-state index contributed by atoms with van der Waals surface area (Å²) in [7, 11) is 0. The molecule has 0 unspecified atom stereocenters.